The van der Waals surface area contributed by atoms with Crippen LogP contribution in [0.5, 0.6) is 0 Å². The molecule has 0 atom stereocenters. The van der Waals surface area contributed by atoms with Gasteiger partial charge in [0.2, 0.25) is 0 Å². The fourth-order valence-corrected chi connectivity index (χ4v) is 1.98. The molecule has 8 heteroatoms. The van der Waals surface area contributed by atoms with Crippen LogP contribution in [-0.2, 0) is 17.1 Å². The third-order valence-corrected chi connectivity index (χ3v) is 2.73. The fourth-order valence-electron chi connectivity index (χ4n) is 1.98. The van der Waals surface area contributed by atoms with Crippen LogP contribution in [0.4, 0.5) is 25.2 Å². The summed E-state index contributed by atoms with van der Waals surface area (Å²) in [6, 6.07) is 8.72. The molecule has 0 fully saturated rings. The molecule has 0 radical (unpaired) electrons. The number of halogens is 6. The van der Waals surface area contributed by atoms with Gasteiger partial charge in [0.15, 0.2) is 0 Å². The molecule has 0 aliphatic heterocycles. The second-order valence-electron chi connectivity index (χ2n) is 5.04. The van der Waals surface area contributed by atoms with Crippen molar-refractivity contribution in [2.75, 3.05) is 0 Å². The van der Waals surface area contributed by atoms with Gasteiger partial charge in [0, 0.05) is 23.0 Å². The molecule has 0 spiro atoms. The molecular weight excluding hydrogens is 369 g/mol. The fraction of sp³-hybridized carbons (Fsp3) is 0.286. The average Bonchev–Trinajstić information content (AvgIpc) is 2.77. The minimum absolute atomic E-state index is 0. The quantitative estimate of drug-likeness (QED) is 0.280. The standard InChI is InChI=1S/C14H16.F6P.Fe/c1-11(2)13-9-5-6-10-14(13)12-7-3-4-8-12;1-7(2,3,4,5)6;/h3-12H,1-2H3;;/q;-1;/p+1. The van der Waals surface area contributed by atoms with E-state index in [9.17, 15) is 25.2 Å². The maximum Gasteiger partial charge on any atom is 1.00 e. The number of hydrogen-bond donors (Lipinski definition) is 0. The van der Waals surface area contributed by atoms with Gasteiger partial charge in [-0.2, -0.15) is 0 Å². The van der Waals surface area contributed by atoms with E-state index in [0.29, 0.717) is 11.8 Å². The third kappa shape index (κ3) is 10.0. The van der Waals surface area contributed by atoms with Gasteiger partial charge in [-0.15, -0.1) is 0 Å². The molecule has 22 heavy (non-hydrogen) atoms. The predicted molar refractivity (Wildman–Crippen MR) is 76.2 cm³/mol. The molecule has 0 amide bonds. The molecular formula is C14H17F6FeP. The van der Waals surface area contributed by atoms with E-state index in [1.54, 1.807) is 0 Å². The Bertz CT molecular complexity index is 542. The minimum Gasteiger partial charge on any atom is 0 e. The molecule has 0 N–H and O–H groups in total. The second-order valence-corrected chi connectivity index (χ2v) is 6.95. The van der Waals surface area contributed by atoms with Crippen molar-refractivity contribution >= 4 is 7.81 Å². The topological polar surface area (TPSA) is 0 Å². The van der Waals surface area contributed by atoms with E-state index in [4.69, 9.17) is 0 Å². The Morgan fingerprint density at radius 1 is 0.909 bits per heavy atom. The third-order valence-electron chi connectivity index (χ3n) is 2.73. The minimum atomic E-state index is -10.7. The molecule has 0 bridgehead atoms. The zero-order valence-corrected chi connectivity index (χ0v) is 13.8. The molecule has 1 aromatic rings. The van der Waals surface area contributed by atoms with Crippen molar-refractivity contribution < 1.29 is 43.7 Å². The van der Waals surface area contributed by atoms with E-state index >= 15 is 0 Å². The van der Waals surface area contributed by atoms with Gasteiger partial charge < -0.3 is 0 Å². The van der Waals surface area contributed by atoms with E-state index in [-0.39, 0.29) is 18.5 Å². The van der Waals surface area contributed by atoms with E-state index < -0.39 is 7.81 Å². The first-order valence-electron chi connectivity index (χ1n) is 6.24. The summed E-state index contributed by atoms with van der Waals surface area (Å²) in [6.07, 6.45) is 8.76. The Kier molecular flexibility index (Phi) is 6.16. The average molecular weight is 386 g/mol. The molecule has 128 valence electrons. The van der Waals surface area contributed by atoms with Crippen LogP contribution < -0.4 is 0 Å². The summed E-state index contributed by atoms with van der Waals surface area (Å²) in [5.41, 5.74) is 2.92. The van der Waals surface area contributed by atoms with Crippen LogP contribution in [0.15, 0.2) is 48.6 Å². The van der Waals surface area contributed by atoms with Crippen LogP contribution in [0.1, 0.15) is 38.2 Å². The molecule has 0 nitrogen and oxygen atoms in total. The van der Waals surface area contributed by atoms with E-state index in [2.05, 4.69) is 62.4 Å². The van der Waals surface area contributed by atoms with Gasteiger partial charge >= 0.3 is 34.4 Å². The number of allylic oxidation sites excluding steroid dienone is 4. The van der Waals surface area contributed by atoms with Gasteiger partial charge in [-0.05, 0) is 17.0 Å². The molecule has 2 rings (SSSR count). The Labute approximate surface area is 137 Å². The summed E-state index contributed by atoms with van der Waals surface area (Å²) in [6.45, 7) is 4.50. The van der Waals surface area contributed by atoms with E-state index in [1.165, 1.54) is 11.1 Å². The normalized spacial score (nSPS) is 17.3. The van der Waals surface area contributed by atoms with Crippen molar-refractivity contribution in [2.45, 2.75) is 25.7 Å². The van der Waals surface area contributed by atoms with Crippen molar-refractivity contribution in [3.05, 3.63) is 59.7 Å². The number of hydrogen-bond acceptors (Lipinski definition) is 0. The zero-order valence-electron chi connectivity index (χ0n) is 12.8. The molecule has 0 aromatic heterocycles. The second kappa shape index (κ2) is 6.38. The van der Waals surface area contributed by atoms with E-state index in [0.717, 1.165) is 0 Å². The van der Waals surface area contributed by atoms with Crippen LogP contribution >= 0.6 is 7.81 Å². The Morgan fingerprint density at radius 3 is 1.73 bits per heavy atom. The monoisotopic (exact) mass is 386 g/mol. The van der Waals surface area contributed by atoms with Gasteiger partial charge in [0.05, 0.1) is 0 Å². The van der Waals surface area contributed by atoms with Crippen molar-refractivity contribution in [2.24, 2.45) is 0 Å². The van der Waals surface area contributed by atoms with Crippen LogP contribution in [0, 0.1) is 0 Å². The molecule has 1 aromatic carbocycles. The summed E-state index contributed by atoms with van der Waals surface area (Å²) in [4.78, 5) is 0. The summed E-state index contributed by atoms with van der Waals surface area (Å²) in [5, 5.41) is 0. The summed E-state index contributed by atoms with van der Waals surface area (Å²) in [5.74, 6) is 1.10. The summed E-state index contributed by atoms with van der Waals surface area (Å²) >= 11 is 0. The van der Waals surface area contributed by atoms with Crippen LogP contribution in [-0.4, -0.2) is 0 Å². The van der Waals surface area contributed by atoms with Gasteiger partial charge in [-0.1, -0.05) is 62.4 Å². The van der Waals surface area contributed by atoms with Gasteiger partial charge in [0.25, 0.3) is 0 Å². The smallest absolute Gasteiger partial charge is 0 e. The molecule has 0 saturated carbocycles. The van der Waals surface area contributed by atoms with Crippen LogP contribution in [0.3, 0.4) is 0 Å². The van der Waals surface area contributed by atoms with Crippen molar-refractivity contribution in [3.8, 4) is 0 Å². The maximum atomic E-state index is 9.87. The number of rotatable bonds is 2. The van der Waals surface area contributed by atoms with Crippen molar-refractivity contribution in [1.82, 2.24) is 0 Å². The zero-order chi connectivity index (χ0) is 16.4. The van der Waals surface area contributed by atoms with Gasteiger partial charge in [0.1, 0.15) is 0 Å². The Balaban J connectivity index is 0. The van der Waals surface area contributed by atoms with Crippen molar-refractivity contribution in [3.63, 3.8) is 0 Å². The van der Waals surface area contributed by atoms with Crippen molar-refractivity contribution in [1.29, 1.82) is 0 Å². The van der Waals surface area contributed by atoms with Crippen LogP contribution in [0.25, 0.3) is 0 Å². The first kappa shape index (κ1) is 21.2. The summed E-state index contributed by atoms with van der Waals surface area (Å²) in [7, 11) is -10.7. The van der Waals surface area contributed by atoms with Gasteiger partial charge in [-0.25, -0.2) is 0 Å². The Morgan fingerprint density at radius 2 is 1.32 bits per heavy atom. The molecule has 0 unspecified atom stereocenters. The first-order valence-corrected chi connectivity index (χ1v) is 8.27. The number of benzene rings is 1. The Hall–Kier alpha value is -0.771. The predicted octanol–water partition coefficient (Wildman–Crippen LogP) is 7.51. The molecule has 1 aliphatic carbocycles. The van der Waals surface area contributed by atoms with Crippen LogP contribution in [0.2, 0.25) is 0 Å². The molecule has 0 saturated heterocycles. The molecule has 1 aliphatic rings. The summed E-state index contributed by atoms with van der Waals surface area (Å²) < 4.78 is 59.2. The first-order chi connectivity index (χ1) is 9.24. The van der Waals surface area contributed by atoms with E-state index in [1.807, 2.05) is 0 Å². The van der Waals surface area contributed by atoms with Gasteiger partial charge in [-0.3, -0.25) is 0 Å². The molecule has 0 heterocycles. The maximum absolute atomic E-state index is 10.7. The SMILES string of the molecule is CC(C)c1ccccc1C1C=CC=C1.F[P-](F)(F)(F)(F)F.[Fe].[H+]. The largest absolute Gasteiger partial charge is 1.00 e.